The first-order chi connectivity index (χ1) is 12.2. The Morgan fingerprint density at radius 1 is 1.24 bits per heavy atom. The van der Waals surface area contributed by atoms with Gasteiger partial charge in [0, 0.05) is 5.56 Å². The largest absolute Gasteiger partial charge is 0.493 e. The van der Waals surface area contributed by atoms with Crippen molar-refractivity contribution in [2.45, 2.75) is 6.92 Å². The number of hydrogen-bond acceptors (Lipinski definition) is 5. The average molecular weight is 401 g/mol. The summed E-state index contributed by atoms with van der Waals surface area (Å²) in [5.41, 5.74) is 1.81. The summed E-state index contributed by atoms with van der Waals surface area (Å²) in [4.78, 5) is 0. The van der Waals surface area contributed by atoms with Gasteiger partial charge < -0.3 is 9.47 Å². The molecule has 7 heteroatoms. The maximum Gasteiger partial charge on any atom is 0.184 e. The molecule has 0 saturated heterocycles. The number of halogens is 1. The van der Waals surface area contributed by atoms with Crippen molar-refractivity contribution in [3.05, 3.63) is 58.8 Å². The quantitative estimate of drug-likeness (QED) is 0.586. The lowest BCUT2D eigenvalue weighted by atomic mass is 10.2. The molecular formula is C18H17BrN4O2. The van der Waals surface area contributed by atoms with E-state index in [0.717, 1.165) is 15.6 Å². The molecule has 25 heavy (non-hydrogen) atoms. The van der Waals surface area contributed by atoms with E-state index in [9.17, 15) is 0 Å². The van der Waals surface area contributed by atoms with Crippen molar-refractivity contribution < 1.29 is 9.47 Å². The summed E-state index contributed by atoms with van der Waals surface area (Å²) in [5, 5.41) is 12.5. The Kier molecular flexibility index (Phi) is 5.45. The highest BCUT2D eigenvalue weighted by molar-refractivity contribution is 9.10. The summed E-state index contributed by atoms with van der Waals surface area (Å²) in [6.45, 7) is 2.49. The standard InChI is InChI=1S/C18H17BrN4O2/c1-3-25-17-15(19)9-13(10-16(17)24-2)11-21-23-12-20-22-18(23)14-7-5-4-6-8-14/h4-12H,3H2,1-2H3/b21-11-. The molecule has 0 bridgehead atoms. The second-order valence-electron chi connectivity index (χ2n) is 5.08. The molecule has 6 nitrogen and oxygen atoms in total. The van der Waals surface area contributed by atoms with Crippen LogP contribution in [0.1, 0.15) is 12.5 Å². The first-order valence-corrected chi connectivity index (χ1v) is 8.52. The van der Waals surface area contributed by atoms with Crippen LogP contribution in [0, 0.1) is 0 Å². The summed E-state index contributed by atoms with van der Waals surface area (Å²) >= 11 is 3.51. The molecule has 0 radical (unpaired) electrons. The highest BCUT2D eigenvalue weighted by Gasteiger charge is 2.11. The van der Waals surface area contributed by atoms with Gasteiger partial charge >= 0.3 is 0 Å². The SMILES string of the molecule is CCOc1c(Br)cc(/C=N\n2cnnc2-c2ccccc2)cc1OC. The molecule has 0 fully saturated rings. The highest BCUT2D eigenvalue weighted by atomic mass is 79.9. The van der Waals surface area contributed by atoms with Crippen LogP contribution >= 0.6 is 15.9 Å². The second-order valence-corrected chi connectivity index (χ2v) is 5.93. The summed E-state index contributed by atoms with van der Waals surface area (Å²) < 4.78 is 13.4. The molecule has 0 atom stereocenters. The Hall–Kier alpha value is -2.67. The van der Waals surface area contributed by atoms with Crippen LogP contribution in [0.2, 0.25) is 0 Å². The molecule has 3 aromatic rings. The molecule has 128 valence electrons. The van der Waals surface area contributed by atoms with Crippen LogP contribution in [-0.2, 0) is 0 Å². The number of benzene rings is 2. The molecule has 1 aromatic heterocycles. The van der Waals surface area contributed by atoms with E-state index in [-0.39, 0.29) is 0 Å². The van der Waals surface area contributed by atoms with Gasteiger partial charge in [-0.05, 0) is 40.5 Å². The summed E-state index contributed by atoms with van der Waals surface area (Å²) in [7, 11) is 1.61. The summed E-state index contributed by atoms with van der Waals surface area (Å²) in [5.74, 6) is 2.00. The predicted molar refractivity (Wildman–Crippen MR) is 100 cm³/mol. The van der Waals surface area contributed by atoms with Gasteiger partial charge in [0.2, 0.25) is 0 Å². The van der Waals surface area contributed by atoms with Gasteiger partial charge in [-0.25, -0.2) is 0 Å². The topological polar surface area (TPSA) is 61.5 Å². The lowest BCUT2D eigenvalue weighted by Gasteiger charge is -2.12. The number of rotatable bonds is 6. The lowest BCUT2D eigenvalue weighted by Crippen LogP contribution is -1.98. The average Bonchev–Trinajstić information content (AvgIpc) is 3.11. The molecule has 0 aliphatic rings. The molecule has 0 aliphatic heterocycles. The van der Waals surface area contributed by atoms with Gasteiger partial charge in [0.25, 0.3) is 0 Å². The van der Waals surface area contributed by atoms with Gasteiger partial charge in [-0.15, -0.1) is 10.2 Å². The summed E-state index contributed by atoms with van der Waals surface area (Å²) in [6, 6.07) is 13.6. The number of aromatic nitrogens is 3. The van der Waals surface area contributed by atoms with E-state index in [4.69, 9.17) is 9.47 Å². The van der Waals surface area contributed by atoms with Crippen LogP contribution in [-0.4, -0.2) is 34.8 Å². The third-order valence-electron chi connectivity index (χ3n) is 3.43. The third-order valence-corrected chi connectivity index (χ3v) is 4.02. The molecule has 0 amide bonds. The molecule has 0 N–H and O–H groups in total. The van der Waals surface area contributed by atoms with Gasteiger partial charge in [-0.1, -0.05) is 30.3 Å². The minimum absolute atomic E-state index is 0.559. The van der Waals surface area contributed by atoms with E-state index in [1.807, 2.05) is 49.4 Å². The molecule has 0 aliphatic carbocycles. The van der Waals surface area contributed by atoms with E-state index in [2.05, 4.69) is 31.2 Å². The summed E-state index contributed by atoms with van der Waals surface area (Å²) in [6.07, 6.45) is 3.29. The van der Waals surface area contributed by atoms with Crippen LogP contribution in [0.4, 0.5) is 0 Å². The minimum atomic E-state index is 0.559. The first kappa shape index (κ1) is 17.2. The fraction of sp³-hybridized carbons (Fsp3) is 0.167. The Morgan fingerprint density at radius 3 is 2.76 bits per heavy atom. The van der Waals surface area contributed by atoms with Crippen molar-refractivity contribution in [2.75, 3.05) is 13.7 Å². The van der Waals surface area contributed by atoms with E-state index in [1.54, 1.807) is 24.3 Å². The van der Waals surface area contributed by atoms with Crippen molar-refractivity contribution in [2.24, 2.45) is 5.10 Å². The normalized spacial score (nSPS) is 11.0. The van der Waals surface area contributed by atoms with Gasteiger partial charge in [-0.3, -0.25) is 0 Å². The van der Waals surface area contributed by atoms with Crippen molar-refractivity contribution >= 4 is 22.1 Å². The fourth-order valence-corrected chi connectivity index (χ4v) is 2.89. The first-order valence-electron chi connectivity index (χ1n) is 7.73. The van der Waals surface area contributed by atoms with Gasteiger partial charge in [0.1, 0.15) is 6.33 Å². The Morgan fingerprint density at radius 2 is 2.04 bits per heavy atom. The van der Waals surface area contributed by atoms with E-state index in [1.165, 1.54) is 0 Å². The number of methoxy groups -OCH3 is 1. The van der Waals surface area contributed by atoms with Crippen molar-refractivity contribution in [1.29, 1.82) is 0 Å². The van der Waals surface area contributed by atoms with E-state index in [0.29, 0.717) is 23.9 Å². The molecule has 1 heterocycles. The van der Waals surface area contributed by atoms with Crippen molar-refractivity contribution in [3.63, 3.8) is 0 Å². The molecule has 3 rings (SSSR count). The number of nitrogens with zero attached hydrogens (tertiary/aromatic N) is 4. The zero-order valence-corrected chi connectivity index (χ0v) is 15.5. The molecule has 0 saturated carbocycles. The minimum Gasteiger partial charge on any atom is -0.493 e. The van der Waals surface area contributed by atoms with Crippen LogP contribution in [0.15, 0.2) is 58.4 Å². The molecule has 0 spiro atoms. The Labute approximate surface area is 154 Å². The van der Waals surface area contributed by atoms with E-state index < -0.39 is 0 Å². The smallest absolute Gasteiger partial charge is 0.184 e. The van der Waals surface area contributed by atoms with E-state index >= 15 is 0 Å². The maximum absolute atomic E-state index is 5.60. The van der Waals surface area contributed by atoms with Crippen LogP contribution in [0.5, 0.6) is 11.5 Å². The number of ether oxygens (including phenoxy) is 2. The molecule has 2 aromatic carbocycles. The highest BCUT2D eigenvalue weighted by Crippen LogP contribution is 2.36. The zero-order valence-electron chi connectivity index (χ0n) is 13.9. The van der Waals surface area contributed by atoms with Crippen LogP contribution in [0.3, 0.4) is 0 Å². The van der Waals surface area contributed by atoms with Gasteiger partial charge in [0.15, 0.2) is 17.3 Å². The lowest BCUT2D eigenvalue weighted by molar-refractivity contribution is 0.309. The van der Waals surface area contributed by atoms with Gasteiger partial charge in [-0.2, -0.15) is 9.78 Å². The second kappa shape index (κ2) is 7.94. The van der Waals surface area contributed by atoms with Gasteiger partial charge in [0.05, 0.1) is 24.4 Å². The Balaban J connectivity index is 1.91. The van der Waals surface area contributed by atoms with Crippen LogP contribution < -0.4 is 9.47 Å². The van der Waals surface area contributed by atoms with Crippen molar-refractivity contribution in [1.82, 2.24) is 14.9 Å². The monoisotopic (exact) mass is 400 g/mol. The third kappa shape index (κ3) is 3.88. The van der Waals surface area contributed by atoms with Crippen LogP contribution in [0.25, 0.3) is 11.4 Å². The molecular weight excluding hydrogens is 384 g/mol. The fourth-order valence-electron chi connectivity index (χ4n) is 2.32. The maximum atomic E-state index is 5.60. The Bertz CT molecular complexity index is 878. The van der Waals surface area contributed by atoms with Crippen molar-refractivity contribution in [3.8, 4) is 22.9 Å². The molecule has 0 unspecified atom stereocenters. The zero-order chi connectivity index (χ0) is 17.6. The number of hydrogen-bond donors (Lipinski definition) is 0. The predicted octanol–water partition coefficient (Wildman–Crippen LogP) is 4.00.